The third kappa shape index (κ3) is 3.85. The van der Waals surface area contributed by atoms with Crippen molar-refractivity contribution in [2.75, 3.05) is 20.3 Å². The third-order valence-corrected chi connectivity index (χ3v) is 3.64. The minimum Gasteiger partial charge on any atom is -0.385 e. The molecule has 1 N–H and O–H groups in total. The molecule has 0 saturated heterocycles. The molecule has 0 aromatic carbocycles. The summed E-state index contributed by atoms with van der Waals surface area (Å²) >= 11 is 0. The van der Waals surface area contributed by atoms with Crippen molar-refractivity contribution in [2.45, 2.75) is 53.1 Å². The van der Waals surface area contributed by atoms with Crippen molar-refractivity contribution < 1.29 is 4.74 Å². The molecule has 3 heteroatoms. The minimum absolute atomic E-state index is 0.590. The first-order valence-corrected chi connectivity index (χ1v) is 6.98. The Kier molecular flexibility index (Phi) is 6.44. The van der Waals surface area contributed by atoms with Gasteiger partial charge in [-0.2, -0.15) is 0 Å². The van der Waals surface area contributed by atoms with Crippen molar-refractivity contribution in [1.29, 1.82) is 0 Å². The molecule has 0 radical (unpaired) electrons. The lowest BCUT2D eigenvalue weighted by atomic mass is 10.2. The summed E-state index contributed by atoms with van der Waals surface area (Å²) in [6.45, 7) is 11.8. The lowest BCUT2D eigenvalue weighted by molar-refractivity contribution is 0.194. The Bertz CT molecular complexity index is 358. The van der Waals surface area contributed by atoms with E-state index >= 15 is 0 Å². The van der Waals surface area contributed by atoms with E-state index in [0.717, 1.165) is 26.1 Å². The Labute approximate surface area is 112 Å². The molecule has 3 nitrogen and oxygen atoms in total. The molecule has 0 aliphatic heterocycles. The third-order valence-electron chi connectivity index (χ3n) is 3.64. The van der Waals surface area contributed by atoms with Crippen molar-refractivity contribution in [3.8, 4) is 0 Å². The topological polar surface area (TPSA) is 26.2 Å². The summed E-state index contributed by atoms with van der Waals surface area (Å²) in [5, 5.41) is 3.48. The first-order valence-electron chi connectivity index (χ1n) is 6.98. The summed E-state index contributed by atoms with van der Waals surface area (Å²) in [6.07, 6.45) is 2.25. The van der Waals surface area contributed by atoms with E-state index in [1.54, 1.807) is 7.11 Å². The molecule has 1 atom stereocenters. The molecule has 18 heavy (non-hydrogen) atoms. The summed E-state index contributed by atoms with van der Waals surface area (Å²) in [6, 6.07) is 2.90. The van der Waals surface area contributed by atoms with Gasteiger partial charge in [-0.25, -0.2) is 0 Å². The molecule has 0 amide bonds. The number of hydrogen-bond acceptors (Lipinski definition) is 2. The van der Waals surface area contributed by atoms with Crippen molar-refractivity contribution in [3.05, 3.63) is 23.0 Å². The number of nitrogens with one attached hydrogen (secondary N) is 1. The zero-order chi connectivity index (χ0) is 13.5. The lowest BCUT2D eigenvalue weighted by Gasteiger charge is -2.17. The van der Waals surface area contributed by atoms with Crippen LogP contribution in [0.3, 0.4) is 0 Å². The SMILES string of the molecule is CC[C@H](C)n1c(C)cc(CNCCCOC)c1C. The molecule has 1 rings (SSSR count). The van der Waals surface area contributed by atoms with E-state index in [1.165, 1.54) is 23.4 Å². The Morgan fingerprint density at radius 2 is 2.11 bits per heavy atom. The number of aromatic nitrogens is 1. The number of hydrogen-bond donors (Lipinski definition) is 1. The minimum atomic E-state index is 0.590. The largest absolute Gasteiger partial charge is 0.385 e. The van der Waals surface area contributed by atoms with Gasteiger partial charge in [0.15, 0.2) is 0 Å². The lowest BCUT2D eigenvalue weighted by Crippen LogP contribution is -2.17. The van der Waals surface area contributed by atoms with E-state index in [0.29, 0.717) is 6.04 Å². The highest BCUT2D eigenvalue weighted by Crippen LogP contribution is 2.22. The van der Waals surface area contributed by atoms with Crippen LogP contribution in [0.4, 0.5) is 0 Å². The van der Waals surface area contributed by atoms with Crippen molar-refractivity contribution in [2.24, 2.45) is 0 Å². The van der Waals surface area contributed by atoms with Gasteiger partial charge in [0.05, 0.1) is 0 Å². The van der Waals surface area contributed by atoms with Gasteiger partial charge in [0, 0.05) is 37.7 Å². The summed E-state index contributed by atoms with van der Waals surface area (Å²) < 4.78 is 7.49. The standard InChI is InChI=1S/C15H28N2O/c1-6-12(2)17-13(3)10-15(14(17)4)11-16-8-7-9-18-5/h10,12,16H,6-9,11H2,1-5H3/t12-/m0/s1. The number of rotatable bonds is 8. The maximum Gasteiger partial charge on any atom is 0.0474 e. The van der Waals surface area contributed by atoms with Crippen LogP contribution in [-0.4, -0.2) is 24.8 Å². The number of aryl methyl sites for hydroxylation is 1. The summed E-state index contributed by atoms with van der Waals surface area (Å²) in [7, 11) is 1.75. The molecule has 0 fully saturated rings. The first-order chi connectivity index (χ1) is 8.61. The highest BCUT2D eigenvalue weighted by atomic mass is 16.5. The molecule has 1 heterocycles. The fourth-order valence-electron chi connectivity index (χ4n) is 2.45. The van der Waals surface area contributed by atoms with Crippen LogP contribution in [0.5, 0.6) is 0 Å². The van der Waals surface area contributed by atoms with Crippen molar-refractivity contribution in [3.63, 3.8) is 0 Å². The summed E-state index contributed by atoms with van der Waals surface area (Å²) in [4.78, 5) is 0. The fourth-order valence-corrected chi connectivity index (χ4v) is 2.45. The highest BCUT2D eigenvalue weighted by Gasteiger charge is 2.12. The van der Waals surface area contributed by atoms with Crippen LogP contribution in [0.25, 0.3) is 0 Å². The van der Waals surface area contributed by atoms with Crippen molar-refractivity contribution >= 4 is 0 Å². The van der Waals surface area contributed by atoms with Crippen LogP contribution in [0.1, 0.15) is 49.7 Å². The molecule has 1 aromatic heterocycles. The second-order valence-corrected chi connectivity index (χ2v) is 5.05. The fraction of sp³-hybridized carbons (Fsp3) is 0.733. The molecule has 0 saturated carbocycles. The molecule has 0 aliphatic rings. The smallest absolute Gasteiger partial charge is 0.0474 e. The second-order valence-electron chi connectivity index (χ2n) is 5.05. The number of nitrogens with zero attached hydrogens (tertiary/aromatic N) is 1. The predicted octanol–water partition coefficient (Wildman–Crippen LogP) is 3.20. The molecule has 104 valence electrons. The second kappa shape index (κ2) is 7.59. The average Bonchev–Trinajstić information content (AvgIpc) is 2.63. The first kappa shape index (κ1) is 15.3. The molecule has 0 aliphatic carbocycles. The van der Waals surface area contributed by atoms with Crippen LogP contribution >= 0.6 is 0 Å². The van der Waals surface area contributed by atoms with Gasteiger partial charge in [0.2, 0.25) is 0 Å². The van der Waals surface area contributed by atoms with Gasteiger partial charge in [-0.05, 0) is 51.8 Å². The average molecular weight is 252 g/mol. The van der Waals surface area contributed by atoms with Gasteiger partial charge in [-0.3, -0.25) is 0 Å². The van der Waals surface area contributed by atoms with Crippen LogP contribution in [0, 0.1) is 13.8 Å². The molecular formula is C15H28N2O. The summed E-state index contributed by atoms with van der Waals surface area (Å²) in [5.74, 6) is 0. The van der Waals surface area contributed by atoms with E-state index in [-0.39, 0.29) is 0 Å². The Morgan fingerprint density at radius 3 is 2.72 bits per heavy atom. The van der Waals surface area contributed by atoms with Gasteiger partial charge in [0.1, 0.15) is 0 Å². The molecule has 0 unspecified atom stereocenters. The zero-order valence-corrected chi connectivity index (χ0v) is 12.5. The molecular weight excluding hydrogens is 224 g/mol. The Balaban J connectivity index is 2.57. The van der Waals surface area contributed by atoms with Gasteiger partial charge in [-0.15, -0.1) is 0 Å². The molecule has 1 aromatic rings. The maximum atomic E-state index is 5.04. The molecule has 0 spiro atoms. The van der Waals surface area contributed by atoms with E-state index in [2.05, 4.69) is 43.6 Å². The zero-order valence-electron chi connectivity index (χ0n) is 12.5. The van der Waals surface area contributed by atoms with Crippen LogP contribution in [-0.2, 0) is 11.3 Å². The summed E-state index contributed by atoms with van der Waals surface area (Å²) in [5.41, 5.74) is 4.20. The number of methoxy groups -OCH3 is 1. The van der Waals surface area contributed by atoms with Gasteiger partial charge in [0.25, 0.3) is 0 Å². The van der Waals surface area contributed by atoms with Gasteiger partial charge >= 0.3 is 0 Å². The maximum absolute atomic E-state index is 5.04. The van der Waals surface area contributed by atoms with Crippen LogP contribution in [0.2, 0.25) is 0 Å². The normalized spacial score (nSPS) is 12.9. The Morgan fingerprint density at radius 1 is 1.39 bits per heavy atom. The monoisotopic (exact) mass is 252 g/mol. The van der Waals surface area contributed by atoms with Crippen molar-refractivity contribution in [1.82, 2.24) is 9.88 Å². The van der Waals surface area contributed by atoms with Crippen LogP contribution in [0.15, 0.2) is 6.07 Å². The van der Waals surface area contributed by atoms with E-state index in [9.17, 15) is 0 Å². The van der Waals surface area contributed by atoms with E-state index < -0.39 is 0 Å². The Hall–Kier alpha value is -0.800. The van der Waals surface area contributed by atoms with Gasteiger partial charge < -0.3 is 14.6 Å². The molecule has 0 bridgehead atoms. The highest BCUT2D eigenvalue weighted by molar-refractivity contribution is 5.27. The van der Waals surface area contributed by atoms with Crippen LogP contribution < -0.4 is 5.32 Å². The van der Waals surface area contributed by atoms with E-state index in [1.807, 2.05) is 0 Å². The van der Waals surface area contributed by atoms with Gasteiger partial charge in [-0.1, -0.05) is 6.92 Å². The quantitative estimate of drug-likeness (QED) is 0.719. The number of ether oxygens (including phenoxy) is 1. The van der Waals surface area contributed by atoms with E-state index in [4.69, 9.17) is 4.74 Å². The predicted molar refractivity (Wildman–Crippen MR) is 77.1 cm³/mol.